The molecule has 4 aromatic rings. The number of benzene rings is 2. The quantitative estimate of drug-likeness (QED) is 0.187. The van der Waals surface area contributed by atoms with E-state index in [4.69, 9.17) is 4.74 Å². The number of nitrogens with one attached hydrogen (secondary N) is 1. The molecule has 0 fully saturated rings. The van der Waals surface area contributed by atoms with Gasteiger partial charge < -0.3 is 10.1 Å². The van der Waals surface area contributed by atoms with Crippen LogP contribution in [0.1, 0.15) is 31.0 Å². The van der Waals surface area contributed by atoms with Crippen molar-refractivity contribution in [2.45, 2.75) is 38.3 Å². The Balaban J connectivity index is 1.36. The lowest BCUT2D eigenvalue weighted by molar-refractivity contribution is -0.118. The van der Waals surface area contributed by atoms with E-state index >= 15 is 0 Å². The van der Waals surface area contributed by atoms with Crippen LogP contribution < -0.4 is 10.1 Å². The second-order valence-electron chi connectivity index (χ2n) is 7.95. The summed E-state index contributed by atoms with van der Waals surface area (Å²) in [6, 6.07) is 15.9. The van der Waals surface area contributed by atoms with Gasteiger partial charge >= 0.3 is 0 Å². The van der Waals surface area contributed by atoms with Gasteiger partial charge in [-0.05, 0) is 54.8 Å². The predicted octanol–water partition coefficient (Wildman–Crippen LogP) is 5.43. The molecule has 2 heterocycles. The number of fused-ring (bicyclic) bond motifs is 1. The minimum absolute atomic E-state index is 0.0678. The maximum Gasteiger partial charge on any atom is 0.230 e. The van der Waals surface area contributed by atoms with Crippen molar-refractivity contribution < 1.29 is 13.9 Å². The molecule has 1 N–H and O–H groups in total. The van der Waals surface area contributed by atoms with Crippen LogP contribution in [0.3, 0.4) is 0 Å². The number of rotatable bonds is 10. The van der Waals surface area contributed by atoms with Crippen LogP contribution in [-0.4, -0.2) is 32.9 Å². The SMILES string of the molecule is CCCCOc1ccc(CNC(=O)CSc2cc(C)nc3c(-c4ccc(F)cc4)cnn23)cc1. The van der Waals surface area contributed by atoms with E-state index in [0.717, 1.165) is 46.0 Å². The van der Waals surface area contributed by atoms with E-state index in [1.807, 2.05) is 37.3 Å². The molecule has 0 aliphatic heterocycles. The Labute approximate surface area is 202 Å². The van der Waals surface area contributed by atoms with Gasteiger partial charge in [-0.3, -0.25) is 4.79 Å². The first-order valence-electron chi connectivity index (χ1n) is 11.3. The minimum Gasteiger partial charge on any atom is -0.494 e. The summed E-state index contributed by atoms with van der Waals surface area (Å²) in [6.45, 7) is 5.20. The summed E-state index contributed by atoms with van der Waals surface area (Å²) in [5, 5.41) is 8.24. The molecule has 0 saturated heterocycles. The van der Waals surface area contributed by atoms with Gasteiger partial charge in [0, 0.05) is 17.8 Å². The minimum atomic E-state index is -0.289. The molecule has 0 atom stereocenters. The molecule has 4 rings (SSSR count). The third-order valence-electron chi connectivity index (χ3n) is 5.25. The molecule has 0 aliphatic carbocycles. The van der Waals surface area contributed by atoms with Crippen LogP contribution in [0.25, 0.3) is 16.8 Å². The van der Waals surface area contributed by atoms with Crippen LogP contribution >= 0.6 is 11.8 Å². The lowest BCUT2D eigenvalue weighted by Crippen LogP contribution is -2.24. The largest absolute Gasteiger partial charge is 0.494 e. The van der Waals surface area contributed by atoms with Crippen LogP contribution in [0.4, 0.5) is 4.39 Å². The second kappa shape index (κ2) is 11.2. The summed E-state index contributed by atoms with van der Waals surface area (Å²) in [4.78, 5) is 17.1. The summed E-state index contributed by atoms with van der Waals surface area (Å²) >= 11 is 1.40. The summed E-state index contributed by atoms with van der Waals surface area (Å²) in [5.74, 6) is 0.739. The molecule has 0 aliphatic rings. The van der Waals surface area contributed by atoms with Crippen LogP contribution in [0.2, 0.25) is 0 Å². The number of hydrogen-bond donors (Lipinski definition) is 1. The highest BCUT2D eigenvalue weighted by molar-refractivity contribution is 7.99. The number of nitrogens with zero attached hydrogens (tertiary/aromatic N) is 3. The fourth-order valence-corrected chi connectivity index (χ4v) is 4.31. The molecule has 2 aromatic carbocycles. The molecular weight excluding hydrogens is 451 g/mol. The van der Waals surface area contributed by atoms with Gasteiger partial charge in [-0.15, -0.1) is 0 Å². The smallest absolute Gasteiger partial charge is 0.230 e. The van der Waals surface area contributed by atoms with E-state index in [1.165, 1.54) is 23.9 Å². The zero-order chi connectivity index (χ0) is 23.9. The lowest BCUT2D eigenvalue weighted by atomic mass is 10.1. The monoisotopic (exact) mass is 478 g/mol. The van der Waals surface area contributed by atoms with E-state index in [1.54, 1.807) is 22.8 Å². The normalized spacial score (nSPS) is 11.0. The zero-order valence-electron chi connectivity index (χ0n) is 19.3. The summed E-state index contributed by atoms with van der Waals surface area (Å²) in [6.07, 6.45) is 3.85. The third kappa shape index (κ3) is 5.94. The summed E-state index contributed by atoms with van der Waals surface area (Å²) in [7, 11) is 0. The van der Waals surface area contributed by atoms with Gasteiger partial charge in [-0.25, -0.2) is 13.9 Å². The van der Waals surface area contributed by atoms with Gasteiger partial charge in [0.05, 0.1) is 18.6 Å². The molecule has 8 heteroatoms. The maximum atomic E-state index is 13.3. The topological polar surface area (TPSA) is 68.5 Å². The van der Waals surface area contributed by atoms with Gasteiger partial charge in [0.25, 0.3) is 0 Å². The van der Waals surface area contributed by atoms with Crippen LogP contribution in [0, 0.1) is 12.7 Å². The van der Waals surface area contributed by atoms with Gasteiger partial charge in [-0.1, -0.05) is 49.4 Å². The molecule has 2 aromatic heterocycles. The number of thioether (sulfide) groups is 1. The van der Waals surface area contributed by atoms with E-state index in [2.05, 4.69) is 22.3 Å². The van der Waals surface area contributed by atoms with Crippen molar-refractivity contribution in [1.29, 1.82) is 0 Å². The number of hydrogen-bond acceptors (Lipinski definition) is 5. The first-order valence-corrected chi connectivity index (χ1v) is 12.2. The number of ether oxygens (including phenoxy) is 1. The molecule has 1 amide bonds. The Morgan fingerprint density at radius 1 is 1.15 bits per heavy atom. The molecule has 0 spiro atoms. The molecule has 0 radical (unpaired) electrons. The van der Waals surface area contributed by atoms with Gasteiger partial charge in [0.15, 0.2) is 5.65 Å². The Hall–Kier alpha value is -3.39. The molecule has 0 bridgehead atoms. The Morgan fingerprint density at radius 3 is 2.65 bits per heavy atom. The predicted molar refractivity (Wildman–Crippen MR) is 133 cm³/mol. The van der Waals surface area contributed by atoms with Crippen molar-refractivity contribution in [3.8, 4) is 16.9 Å². The zero-order valence-corrected chi connectivity index (χ0v) is 20.1. The number of carbonyl (C=O) groups excluding carboxylic acids is 1. The fraction of sp³-hybridized carbons (Fsp3) is 0.269. The number of unbranched alkanes of at least 4 members (excludes halogenated alkanes) is 1. The van der Waals surface area contributed by atoms with Gasteiger partial charge in [0.2, 0.25) is 5.91 Å². The highest BCUT2D eigenvalue weighted by Crippen LogP contribution is 2.27. The van der Waals surface area contributed by atoms with Crippen molar-refractivity contribution in [3.05, 3.63) is 77.9 Å². The van der Waals surface area contributed by atoms with Crippen LogP contribution in [0.5, 0.6) is 5.75 Å². The Morgan fingerprint density at radius 2 is 1.91 bits per heavy atom. The fourth-order valence-electron chi connectivity index (χ4n) is 3.41. The van der Waals surface area contributed by atoms with Crippen molar-refractivity contribution in [2.75, 3.05) is 12.4 Å². The number of amides is 1. The number of halogens is 1. The van der Waals surface area contributed by atoms with E-state index in [0.29, 0.717) is 18.8 Å². The molecule has 176 valence electrons. The third-order valence-corrected chi connectivity index (χ3v) is 6.25. The Bertz CT molecular complexity index is 1260. The van der Waals surface area contributed by atoms with Crippen molar-refractivity contribution in [2.24, 2.45) is 0 Å². The van der Waals surface area contributed by atoms with Crippen molar-refractivity contribution >= 4 is 23.3 Å². The average Bonchev–Trinajstić information content (AvgIpc) is 3.26. The van der Waals surface area contributed by atoms with Crippen LogP contribution in [-0.2, 0) is 11.3 Å². The average molecular weight is 479 g/mol. The molecular formula is C26H27FN4O2S. The maximum absolute atomic E-state index is 13.3. The van der Waals surface area contributed by atoms with Crippen molar-refractivity contribution in [1.82, 2.24) is 19.9 Å². The molecule has 34 heavy (non-hydrogen) atoms. The second-order valence-corrected chi connectivity index (χ2v) is 8.94. The Kier molecular flexibility index (Phi) is 7.80. The highest BCUT2D eigenvalue weighted by atomic mass is 32.2. The molecule has 0 unspecified atom stereocenters. The standard InChI is InChI=1S/C26H27FN4O2S/c1-3-4-13-33-22-11-5-19(6-12-22)15-28-24(32)17-34-25-14-18(2)30-26-23(16-29-31(25)26)20-7-9-21(27)10-8-20/h5-12,14,16H,3-4,13,15,17H2,1-2H3,(H,28,32). The number of aromatic nitrogens is 3. The number of carbonyl (C=O) groups is 1. The van der Waals surface area contributed by atoms with Crippen LogP contribution in [0.15, 0.2) is 65.8 Å². The van der Waals surface area contributed by atoms with E-state index < -0.39 is 0 Å². The first-order chi connectivity index (χ1) is 16.5. The first kappa shape index (κ1) is 23.8. The highest BCUT2D eigenvalue weighted by Gasteiger charge is 2.14. The lowest BCUT2D eigenvalue weighted by Gasteiger charge is -2.09. The van der Waals surface area contributed by atoms with Gasteiger partial charge in [-0.2, -0.15) is 5.10 Å². The van der Waals surface area contributed by atoms with Gasteiger partial charge in [0.1, 0.15) is 16.6 Å². The summed E-state index contributed by atoms with van der Waals surface area (Å²) < 4.78 is 20.7. The molecule has 6 nitrogen and oxygen atoms in total. The van der Waals surface area contributed by atoms with Crippen molar-refractivity contribution in [3.63, 3.8) is 0 Å². The number of aryl methyl sites for hydroxylation is 1. The van der Waals surface area contributed by atoms with E-state index in [-0.39, 0.29) is 17.5 Å². The van der Waals surface area contributed by atoms with E-state index in [9.17, 15) is 9.18 Å². The molecule has 0 saturated carbocycles. The summed E-state index contributed by atoms with van der Waals surface area (Å²) in [5.41, 5.74) is 4.16.